The summed E-state index contributed by atoms with van der Waals surface area (Å²) < 4.78 is 28.2. The first kappa shape index (κ1) is 19.1. The lowest BCUT2D eigenvalue weighted by Gasteiger charge is -2.13. The number of aromatic nitrogens is 2. The van der Waals surface area contributed by atoms with Crippen LogP contribution < -0.4 is 14.9 Å². The van der Waals surface area contributed by atoms with Gasteiger partial charge in [0.05, 0.1) is 16.8 Å². The van der Waals surface area contributed by atoms with Gasteiger partial charge in [0.15, 0.2) is 5.82 Å². The minimum Gasteiger partial charge on any atom is -0.376 e. The van der Waals surface area contributed by atoms with E-state index in [0.717, 1.165) is 15.8 Å². The van der Waals surface area contributed by atoms with Crippen molar-refractivity contribution in [2.24, 2.45) is 0 Å². The molecule has 0 bridgehead atoms. The Hall–Kier alpha value is -2.65. The van der Waals surface area contributed by atoms with Gasteiger partial charge in [-0.05, 0) is 48.5 Å². The fraction of sp³-hybridized carbons (Fsp3) is 0.111. The molecule has 2 aromatic carbocycles. The number of rotatable bonds is 6. The van der Waals surface area contributed by atoms with Crippen molar-refractivity contribution in [3.63, 3.8) is 0 Å². The Kier molecular flexibility index (Phi) is 5.62. The van der Waals surface area contributed by atoms with Gasteiger partial charge in [0, 0.05) is 36.0 Å². The summed E-state index contributed by atoms with van der Waals surface area (Å²) in [5.41, 5.74) is 2.16. The van der Waals surface area contributed by atoms with E-state index in [2.05, 4.69) is 36.2 Å². The summed E-state index contributed by atoms with van der Waals surface area (Å²) in [6.07, 6.45) is 1.67. The van der Waals surface area contributed by atoms with E-state index >= 15 is 0 Å². The zero-order valence-electron chi connectivity index (χ0n) is 14.7. The molecule has 0 atom stereocenters. The van der Waals surface area contributed by atoms with Gasteiger partial charge in [-0.25, -0.2) is 8.42 Å². The van der Waals surface area contributed by atoms with Crippen LogP contribution in [0.25, 0.3) is 0 Å². The summed E-state index contributed by atoms with van der Waals surface area (Å²) in [7, 11) is 0.211. The summed E-state index contributed by atoms with van der Waals surface area (Å²) in [6, 6.07) is 15.2. The van der Waals surface area contributed by atoms with E-state index in [1.165, 1.54) is 0 Å². The van der Waals surface area contributed by atoms with Gasteiger partial charge in [0.2, 0.25) is 0 Å². The molecule has 0 fully saturated rings. The van der Waals surface area contributed by atoms with Crippen LogP contribution in [-0.4, -0.2) is 32.7 Å². The van der Waals surface area contributed by atoms with E-state index in [-0.39, 0.29) is 4.90 Å². The minimum absolute atomic E-state index is 0.198. The normalized spacial score (nSPS) is 11.1. The molecule has 140 valence electrons. The topological polar surface area (TPSA) is 87.2 Å². The maximum absolute atomic E-state index is 12.4. The van der Waals surface area contributed by atoms with Crippen molar-refractivity contribution in [3.8, 4) is 0 Å². The van der Waals surface area contributed by atoms with E-state index in [4.69, 9.17) is 0 Å². The highest BCUT2D eigenvalue weighted by molar-refractivity contribution is 9.10. The molecule has 1 heterocycles. The van der Waals surface area contributed by atoms with Gasteiger partial charge >= 0.3 is 0 Å². The Morgan fingerprint density at radius 1 is 0.963 bits per heavy atom. The van der Waals surface area contributed by atoms with Crippen molar-refractivity contribution in [1.29, 1.82) is 0 Å². The van der Waals surface area contributed by atoms with Crippen molar-refractivity contribution >= 4 is 48.8 Å². The van der Waals surface area contributed by atoms with Gasteiger partial charge in [-0.3, -0.25) is 4.72 Å². The molecule has 1 aromatic heterocycles. The van der Waals surface area contributed by atoms with Crippen LogP contribution in [0.3, 0.4) is 0 Å². The van der Waals surface area contributed by atoms with Crippen LogP contribution in [0.5, 0.6) is 0 Å². The molecule has 9 heteroatoms. The molecule has 0 aliphatic rings. The van der Waals surface area contributed by atoms with E-state index in [1.807, 2.05) is 25.1 Å². The molecule has 3 aromatic rings. The van der Waals surface area contributed by atoms with Crippen LogP contribution in [0.15, 0.2) is 70.2 Å². The predicted octanol–water partition coefficient (Wildman–Crippen LogP) is 3.85. The van der Waals surface area contributed by atoms with Gasteiger partial charge in [0.25, 0.3) is 10.0 Å². The summed E-state index contributed by atoms with van der Waals surface area (Å²) in [5.74, 6) is 0.601. The number of nitrogens with one attached hydrogen (secondary N) is 2. The van der Waals surface area contributed by atoms with Crippen LogP contribution in [0.4, 0.5) is 22.9 Å². The number of benzene rings is 2. The number of halogens is 1. The number of nitrogens with zero attached hydrogens (tertiary/aromatic N) is 3. The molecular weight excluding hydrogens is 430 g/mol. The van der Waals surface area contributed by atoms with Gasteiger partial charge in [0.1, 0.15) is 0 Å². The average Bonchev–Trinajstić information content (AvgIpc) is 2.64. The Morgan fingerprint density at radius 2 is 1.59 bits per heavy atom. The summed E-state index contributed by atoms with van der Waals surface area (Å²) in [6.45, 7) is 0. The molecule has 0 spiro atoms. The third kappa shape index (κ3) is 4.95. The first-order valence-corrected chi connectivity index (χ1v) is 10.3. The second kappa shape index (κ2) is 7.93. The van der Waals surface area contributed by atoms with Gasteiger partial charge in [-0.1, -0.05) is 15.9 Å². The van der Waals surface area contributed by atoms with Crippen molar-refractivity contribution < 1.29 is 8.42 Å². The highest BCUT2D eigenvalue weighted by atomic mass is 79.9. The zero-order valence-corrected chi connectivity index (χ0v) is 17.1. The second-order valence-electron chi connectivity index (χ2n) is 5.96. The SMILES string of the molecule is CN(C)c1cnnc(Nc2ccc(NS(=O)(=O)c3ccc(Br)cc3)cc2)c1. The highest BCUT2D eigenvalue weighted by Gasteiger charge is 2.13. The zero-order chi connectivity index (χ0) is 19.4. The predicted molar refractivity (Wildman–Crippen MR) is 111 cm³/mol. The van der Waals surface area contributed by atoms with Crippen LogP contribution in [0.1, 0.15) is 0 Å². The largest absolute Gasteiger partial charge is 0.376 e. The standard InChI is InChI=1S/C18H18BrN5O2S/c1-24(2)16-11-18(22-20-12-16)21-14-5-7-15(8-6-14)23-27(25,26)17-9-3-13(19)4-10-17/h3-12,23H,1-2H3,(H,21,22). The molecule has 0 aliphatic heterocycles. The monoisotopic (exact) mass is 447 g/mol. The molecule has 0 saturated carbocycles. The molecule has 0 radical (unpaired) electrons. The maximum Gasteiger partial charge on any atom is 0.261 e. The minimum atomic E-state index is -3.64. The Balaban J connectivity index is 1.72. The summed E-state index contributed by atoms with van der Waals surface area (Å²) in [4.78, 5) is 2.13. The molecule has 27 heavy (non-hydrogen) atoms. The molecule has 7 nitrogen and oxygen atoms in total. The molecule has 0 amide bonds. The number of anilines is 4. The lowest BCUT2D eigenvalue weighted by Crippen LogP contribution is -2.12. The molecule has 0 aliphatic carbocycles. The molecule has 0 saturated heterocycles. The maximum atomic E-state index is 12.4. The number of hydrogen-bond donors (Lipinski definition) is 2. The van der Waals surface area contributed by atoms with E-state index in [0.29, 0.717) is 11.5 Å². The summed E-state index contributed by atoms with van der Waals surface area (Å²) >= 11 is 3.29. The molecule has 0 unspecified atom stereocenters. The third-order valence-electron chi connectivity index (χ3n) is 3.69. The highest BCUT2D eigenvalue weighted by Crippen LogP contribution is 2.22. The van der Waals surface area contributed by atoms with Gasteiger partial charge in [-0.15, -0.1) is 5.10 Å². The lowest BCUT2D eigenvalue weighted by molar-refractivity contribution is 0.601. The number of sulfonamides is 1. The molecule has 2 N–H and O–H groups in total. The van der Waals surface area contributed by atoms with Crippen LogP contribution >= 0.6 is 15.9 Å². The van der Waals surface area contributed by atoms with Crippen LogP contribution in [0, 0.1) is 0 Å². The molecule has 3 rings (SSSR count). The first-order chi connectivity index (χ1) is 12.8. The van der Waals surface area contributed by atoms with Crippen molar-refractivity contribution in [1.82, 2.24) is 10.2 Å². The van der Waals surface area contributed by atoms with E-state index in [9.17, 15) is 8.42 Å². The summed E-state index contributed by atoms with van der Waals surface area (Å²) in [5, 5.41) is 11.1. The Morgan fingerprint density at radius 3 is 2.22 bits per heavy atom. The van der Waals surface area contributed by atoms with Crippen LogP contribution in [0.2, 0.25) is 0 Å². The smallest absolute Gasteiger partial charge is 0.261 e. The van der Waals surface area contributed by atoms with Gasteiger partial charge < -0.3 is 10.2 Å². The Bertz CT molecular complexity index is 1020. The number of hydrogen-bond acceptors (Lipinski definition) is 6. The third-order valence-corrected chi connectivity index (χ3v) is 5.62. The van der Waals surface area contributed by atoms with E-state index in [1.54, 1.807) is 54.7 Å². The quantitative estimate of drug-likeness (QED) is 0.596. The molecular formula is C18H18BrN5O2S. The fourth-order valence-electron chi connectivity index (χ4n) is 2.26. The fourth-order valence-corrected chi connectivity index (χ4v) is 3.58. The lowest BCUT2D eigenvalue weighted by atomic mass is 10.3. The van der Waals surface area contributed by atoms with Crippen LogP contribution in [-0.2, 0) is 10.0 Å². The van der Waals surface area contributed by atoms with Crippen molar-refractivity contribution in [2.75, 3.05) is 29.0 Å². The Labute approximate surface area is 166 Å². The average molecular weight is 448 g/mol. The van der Waals surface area contributed by atoms with Crippen molar-refractivity contribution in [2.45, 2.75) is 4.90 Å². The van der Waals surface area contributed by atoms with Gasteiger partial charge in [-0.2, -0.15) is 5.10 Å². The second-order valence-corrected chi connectivity index (χ2v) is 8.55. The first-order valence-electron chi connectivity index (χ1n) is 7.99. The van der Waals surface area contributed by atoms with E-state index < -0.39 is 10.0 Å². The van der Waals surface area contributed by atoms with Crippen molar-refractivity contribution in [3.05, 3.63) is 65.3 Å².